The molecule has 2 atom stereocenters. The summed E-state index contributed by atoms with van der Waals surface area (Å²) < 4.78 is 18.7. The predicted octanol–water partition coefficient (Wildman–Crippen LogP) is 3.94. The number of nitrogens with one attached hydrogen (secondary N) is 1. The molecule has 1 amide bonds. The Bertz CT molecular complexity index is 752. The van der Waals surface area contributed by atoms with E-state index >= 15 is 0 Å². The number of benzene rings is 2. The van der Waals surface area contributed by atoms with E-state index in [0.29, 0.717) is 6.54 Å². The topological polar surface area (TPSA) is 55.4 Å². The summed E-state index contributed by atoms with van der Waals surface area (Å²) in [5.74, 6) is -2.02. The first kappa shape index (κ1) is 18.9. The van der Waals surface area contributed by atoms with Crippen LogP contribution in [-0.4, -0.2) is 24.5 Å². The SMILES string of the molecule is C[C@H](OC(=O)c1cc(Cl)ccc1F)C(=O)NC[C@H](C)c1ccccc1. The zero-order valence-electron chi connectivity index (χ0n) is 14.0. The molecule has 0 heterocycles. The van der Waals surface area contributed by atoms with E-state index in [1.54, 1.807) is 0 Å². The van der Waals surface area contributed by atoms with Crippen LogP contribution in [0.1, 0.15) is 35.7 Å². The summed E-state index contributed by atoms with van der Waals surface area (Å²) in [6, 6.07) is 13.3. The van der Waals surface area contributed by atoms with Crippen LogP contribution in [0.25, 0.3) is 0 Å². The fourth-order valence-corrected chi connectivity index (χ4v) is 2.40. The van der Waals surface area contributed by atoms with Crippen LogP contribution in [0.15, 0.2) is 48.5 Å². The van der Waals surface area contributed by atoms with Crippen molar-refractivity contribution in [1.82, 2.24) is 5.32 Å². The van der Waals surface area contributed by atoms with E-state index in [-0.39, 0.29) is 16.5 Å². The monoisotopic (exact) mass is 363 g/mol. The van der Waals surface area contributed by atoms with Crippen molar-refractivity contribution in [2.45, 2.75) is 25.9 Å². The number of rotatable bonds is 6. The first-order chi connectivity index (χ1) is 11.9. The third-order valence-electron chi connectivity index (χ3n) is 3.75. The molecule has 0 aliphatic carbocycles. The first-order valence-corrected chi connectivity index (χ1v) is 8.25. The molecule has 0 aromatic heterocycles. The molecule has 4 nitrogen and oxygen atoms in total. The zero-order valence-corrected chi connectivity index (χ0v) is 14.7. The highest BCUT2D eigenvalue weighted by molar-refractivity contribution is 6.30. The van der Waals surface area contributed by atoms with Crippen LogP contribution in [-0.2, 0) is 9.53 Å². The number of hydrogen-bond donors (Lipinski definition) is 1. The van der Waals surface area contributed by atoms with Gasteiger partial charge in [-0.15, -0.1) is 0 Å². The average Bonchev–Trinajstić information content (AvgIpc) is 2.61. The van der Waals surface area contributed by atoms with Gasteiger partial charge in [0.15, 0.2) is 6.10 Å². The number of ether oxygens (including phenoxy) is 1. The Morgan fingerprint density at radius 3 is 2.52 bits per heavy atom. The molecule has 0 radical (unpaired) electrons. The van der Waals surface area contributed by atoms with Gasteiger partial charge >= 0.3 is 5.97 Å². The van der Waals surface area contributed by atoms with Crippen molar-refractivity contribution in [2.24, 2.45) is 0 Å². The number of hydrogen-bond acceptors (Lipinski definition) is 3. The fraction of sp³-hybridized carbons (Fsp3) is 0.263. The highest BCUT2D eigenvalue weighted by atomic mass is 35.5. The van der Waals surface area contributed by atoms with E-state index in [2.05, 4.69) is 5.32 Å². The third-order valence-corrected chi connectivity index (χ3v) is 3.99. The van der Waals surface area contributed by atoms with Crippen LogP contribution in [0.2, 0.25) is 5.02 Å². The van der Waals surface area contributed by atoms with E-state index in [4.69, 9.17) is 16.3 Å². The van der Waals surface area contributed by atoms with Crippen LogP contribution in [0.3, 0.4) is 0 Å². The van der Waals surface area contributed by atoms with Gasteiger partial charge in [0.2, 0.25) is 0 Å². The Labute approximate surface area is 150 Å². The number of halogens is 2. The van der Waals surface area contributed by atoms with Gasteiger partial charge in [-0.3, -0.25) is 4.79 Å². The number of carbonyl (C=O) groups excluding carboxylic acids is 2. The quantitative estimate of drug-likeness (QED) is 0.791. The molecule has 132 valence electrons. The maximum atomic E-state index is 13.7. The van der Waals surface area contributed by atoms with Gasteiger partial charge in [0, 0.05) is 11.6 Å². The molecular weight excluding hydrogens is 345 g/mol. The summed E-state index contributed by atoms with van der Waals surface area (Å²) in [4.78, 5) is 24.1. The van der Waals surface area contributed by atoms with Crippen molar-refractivity contribution in [3.63, 3.8) is 0 Å². The summed E-state index contributed by atoms with van der Waals surface area (Å²) >= 11 is 5.75. The van der Waals surface area contributed by atoms with E-state index in [0.717, 1.165) is 11.6 Å². The molecule has 2 aromatic carbocycles. The van der Waals surface area contributed by atoms with E-state index in [1.807, 2.05) is 37.3 Å². The lowest BCUT2D eigenvalue weighted by Crippen LogP contribution is -2.37. The largest absolute Gasteiger partial charge is 0.449 e. The molecule has 0 saturated carbocycles. The molecule has 0 fully saturated rings. The number of amides is 1. The lowest BCUT2D eigenvalue weighted by molar-refractivity contribution is -0.129. The molecule has 0 bridgehead atoms. The van der Waals surface area contributed by atoms with Crippen LogP contribution in [0.4, 0.5) is 4.39 Å². The smallest absolute Gasteiger partial charge is 0.341 e. The van der Waals surface area contributed by atoms with Crippen molar-refractivity contribution in [3.05, 3.63) is 70.5 Å². The van der Waals surface area contributed by atoms with Gasteiger partial charge in [0.1, 0.15) is 5.82 Å². The molecule has 2 aromatic rings. The standard InChI is InChI=1S/C19H19ClFNO3/c1-12(14-6-4-3-5-7-14)11-22-18(23)13(2)25-19(24)16-10-15(20)8-9-17(16)21/h3-10,12-13H,11H2,1-2H3,(H,22,23)/t12-,13-/m0/s1. The minimum atomic E-state index is -1.05. The van der Waals surface area contributed by atoms with Crippen molar-refractivity contribution < 1.29 is 18.7 Å². The van der Waals surface area contributed by atoms with Crippen molar-refractivity contribution >= 4 is 23.5 Å². The van der Waals surface area contributed by atoms with E-state index in [9.17, 15) is 14.0 Å². The minimum Gasteiger partial charge on any atom is -0.449 e. The average molecular weight is 364 g/mol. The lowest BCUT2D eigenvalue weighted by Gasteiger charge is -2.17. The van der Waals surface area contributed by atoms with Gasteiger partial charge in [-0.1, -0.05) is 48.9 Å². The Balaban J connectivity index is 1.89. The second kappa shape index (κ2) is 8.62. The molecule has 0 spiro atoms. The third kappa shape index (κ3) is 5.29. The summed E-state index contributed by atoms with van der Waals surface area (Å²) in [6.07, 6.45) is -1.05. The highest BCUT2D eigenvalue weighted by Crippen LogP contribution is 2.17. The van der Waals surface area contributed by atoms with Gasteiger partial charge in [-0.2, -0.15) is 0 Å². The molecule has 2 rings (SSSR count). The zero-order chi connectivity index (χ0) is 18.4. The maximum absolute atomic E-state index is 13.7. The van der Waals surface area contributed by atoms with Crippen molar-refractivity contribution in [2.75, 3.05) is 6.54 Å². The molecule has 0 aliphatic rings. The summed E-state index contributed by atoms with van der Waals surface area (Å²) in [5.41, 5.74) is 0.790. The maximum Gasteiger partial charge on any atom is 0.341 e. The van der Waals surface area contributed by atoms with Gasteiger partial charge in [-0.25, -0.2) is 9.18 Å². The Morgan fingerprint density at radius 2 is 1.84 bits per heavy atom. The fourth-order valence-electron chi connectivity index (χ4n) is 2.23. The molecule has 1 N–H and O–H groups in total. The van der Waals surface area contributed by atoms with Crippen molar-refractivity contribution in [3.8, 4) is 0 Å². The lowest BCUT2D eigenvalue weighted by atomic mass is 10.0. The molecule has 6 heteroatoms. The summed E-state index contributed by atoms with van der Waals surface area (Å²) in [6.45, 7) is 3.81. The van der Waals surface area contributed by atoms with Gasteiger partial charge in [0.05, 0.1) is 5.56 Å². The molecule has 25 heavy (non-hydrogen) atoms. The first-order valence-electron chi connectivity index (χ1n) is 7.87. The number of esters is 1. The predicted molar refractivity (Wildman–Crippen MR) is 94.2 cm³/mol. The van der Waals surface area contributed by atoms with Crippen LogP contribution in [0, 0.1) is 5.82 Å². The van der Waals surface area contributed by atoms with Crippen molar-refractivity contribution in [1.29, 1.82) is 0 Å². The minimum absolute atomic E-state index is 0.110. The van der Waals surface area contributed by atoms with Gasteiger partial charge in [-0.05, 0) is 36.6 Å². The van der Waals surface area contributed by atoms with E-state index in [1.165, 1.54) is 19.1 Å². The highest BCUT2D eigenvalue weighted by Gasteiger charge is 2.21. The van der Waals surface area contributed by atoms with Crippen LogP contribution in [0.5, 0.6) is 0 Å². The van der Waals surface area contributed by atoms with Crippen LogP contribution >= 0.6 is 11.6 Å². The second-order valence-corrected chi connectivity index (χ2v) is 6.17. The number of carbonyl (C=O) groups is 2. The molecule has 0 aliphatic heterocycles. The Kier molecular flexibility index (Phi) is 6.53. The van der Waals surface area contributed by atoms with E-state index < -0.39 is 23.8 Å². The Hall–Kier alpha value is -2.40. The normalized spacial score (nSPS) is 13.0. The molecular formula is C19H19ClFNO3. The van der Waals surface area contributed by atoms with Gasteiger partial charge < -0.3 is 10.1 Å². The summed E-state index contributed by atoms with van der Waals surface area (Å²) in [7, 11) is 0. The molecule has 0 unspecified atom stereocenters. The molecule has 0 saturated heterocycles. The van der Waals surface area contributed by atoms with Crippen LogP contribution < -0.4 is 5.32 Å². The second-order valence-electron chi connectivity index (χ2n) is 5.73. The Morgan fingerprint density at radius 1 is 1.16 bits per heavy atom. The van der Waals surface area contributed by atoms with Gasteiger partial charge in [0.25, 0.3) is 5.91 Å². The summed E-state index contributed by atoms with van der Waals surface area (Å²) in [5, 5.41) is 2.94.